The molecule has 1 fully saturated rings. The van der Waals surface area contributed by atoms with Crippen molar-refractivity contribution in [1.82, 2.24) is 9.88 Å². The van der Waals surface area contributed by atoms with Gasteiger partial charge in [-0.05, 0) is 50.1 Å². The molecule has 3 heterocycles. The van der Waals surface area contributed by atoms with Crippen LogP contribution in [0.4, 0.5) is 11.4 Å². The van der Waals surface area contributed by atoms with Crippen molar-refractivity contribution >= 4 is 40.1 Å². The Morgan fingerprint density at radius 2 is 1.86 bits per heavy atom. The van der Waals surface area contributed by atoms with Crippen molar-refractivity contribution in [3.63, 3.8) is 0 Å². The van der Waals surface area contributed by atoms with Crippen molar-refractivity contribution in [3.05, 3.63) is 113 Å². The fraction of sp³-hybridized carbons (Fsp3) is 0.212. The highest BCUT2D eigenvalue weighted by Gasteiger charge is 2.34. The van der Waals surface area contributed by atoms with Gasteiger partial charge in [0.15, 0.2) is 17.2 Å². The number of aryl methyl sites for hydroxylation is 1. The van der Waals surface area contributed by atoms with Crippen LogP contribution >= 0.6 is 0 Å². The third-order valence-corrected chi connectivity index (χ3v) is 8.40. The summed E-state index contributed by atoms with van der Waals surface area (Å²) in [6.07, 6.45) is 5.02. The molecule has 0 spiro atoms. The maximum Gasteiger partial charge on any atom is 0.364 e. The standard InChI is InChI=1S/C33H30N4O6S/c1-23-14-16-43-31(23)32(40)35-27-8-5-7-24(18-27)12-13-25-17-26(20-34-19-25)33(41)37(28-9-3-2-4-10-28)44(42)22-30(39)36-15-6-11-29(38)21-36/h2-5,7-10,14,16-20,29,38H,6,11,15,21-22H2,1H3,(H,35,40)/p+1/t29?,44-/m0/s1. The summed E-state index contributed by atoms with van der Waals surface area (Å²) in [5.74, 6) is 4.61. The van der Waals surface area contributed by atoms with Crippen LogP contribution in [0.25, 0.3) is 0 Å². The van der Waals surface area contributed by atoms with Crippen LogP contribution < -0.4 is 9.62 Å². The van der Waals surface area contributed by atoms with Crippen LogP contribution in [0.1, 0.15) is 50.4 Å². The number of para-hydroxylation sites is 1. The second kappa shape index (κ2) is 14.1. The molecular formula is C33H31N4O6S+. The first-order valence-corrected chi connectivity index (χ1v) is 15.3. The Morgan fingerprint density at radius 3 is 2.61 bits per heavy atom. The number of furan rings is 1. The van der Waals surface area contributed by atoms with E-state index < -0.39 is 23.0 Å². The summed E-state index contributed by atoms with van der Waals surface area (Å²) in [6.45, 7) is 2.45. The summed E-state index contributed by atoms with van der Waals surface area (Å²) in [6, 6.07) is 18.9. The molecule has 2 aromatic heterocycles. The minimum absolute atomic E-state index is 0.00125. The van der Waals surface area contributed by atoms with Gasteiger partial charge in [-0.2, -0.15) is 8.51 Å². The largest absolute Gasteiger partial charge is 0.459 e. The van der Waals surface area contributed by atoms with Crippen molar-refractivity contribution in [3.8, 4) is 11.8 Å². The van der Waals surface area contributed by atoms with Crippen molar-refractivity contribution < 1.29 is 32.4 Å². The lowest BCUT2D eigenvalue weighted by atomic mass is 10.1. The molecule has 10 nitrogen and oxygen atoms in total. The predicted octanol–water partition coefficient (Wildman–Crippen LogP) is 2.64. The number of β-amino-alcohol motifs (C(OH)–C–C–N with tert-alkyl or cyclic N) is 1. The van der Waals surface area contributed by atoms with Crippen LogP contribution in [0.15, 0.2) is 89.8 Å². The Kier molecular flexibility index (Phi) is 9.76. The maximum absolute atomic E-state index is 13.8. The molecule has 0 aliphatic carbocycles. The number of quaternary nitrogens is 1. The van der Waals surface area contributed by atoms with Gasteiger partial charge < -0.3 is 19.7 Å². The number of amides is 3. The number of hydrogen-bond donors (Lipinski definition) is 3. The molecule has 3 atom stereocenters. The van der Waals surface area contributed by atoms with Crippen LogP contribution in [0.2, 0.25) is 0 Å². The summed E-state index contributed by atoms with van der Waals surface area (Å²) in [5.41, 5.74) is 2.97. The van der Waals surface area contributed by atoms with E-state index in [2.05, 4.69) is 22.1 Å². The Labute approximate surface area is 257 Å². The van der Waals surface area contributed by atoms with Gasteiger partial charge in [-0.15, -0.1) is 0 Å². The number of nitrogens with one attached hydrogen (secondary N) is 2. The van der Waals surface area contributed by atoms with Gasteiger partial charge in [-0.3, -0.25) is 14.6 Å². The molecule has 0 radical (unpaired) electrons. The second-order valence-electron chi connectivity index (χ2n) is 10.3. The zero-order valence-electron chi connectivity index (χ0n) is 24.0. The quantitative estimate of drug-likeness (QED) is 0.274. The Morgan fingerprint density at radius 1 is 1.07 bits per heavy atom. The van der Waals surface area contributed by atoms with Gasteiger partial charge >= 0.3 is 5.91 Å². The molecule has 2 unspecified atom stereocenters. The number of anilines is 1. The van der Waals surface area contributed by atoms with E-state index in [-0.39, 0.29) is 39.7 Å². The highest BCUT2D eigenvalue weighted by molar-refractivity contribution is 7.79. The van der Waals surface area contributed by atoms with Crippen LogP contribution in [0.5, 0.6) is 0 Å². The first kappa shape index (κ1) is 30.6. The lowest BCUT2D eigenvalue weighted by Crippen LogP contribution is -3.10. The lowest BCUT2D eigenvalue weighted by Gasteiger charge is -2.30. The van der Waals surface area contributed by atoms with Crippen molar-refractivity contribution in [2.75, 3.05) is 24.2 Å². The van der Waals surface area contributed by atoms with Crippen molar-refractivity contribution in [1.29, 1.82) is 0 Å². The molecule has 2 aromatic carbocycles. The van der Waals surface area contributed by atoms with Gasteiger partial charge in [0.05, 0.1) is 12.4 Å². The molecule has 5 rings (SSSR count). The van der Waals surface area contributed by atoms with Crippen LogP contribution in [-0.4, -0.2) is 61.9 Å². The maximum atomic E-state index is 13.8. The number of pyridine rings is 1. The fourth-order valence-electron chi connectivity index (χ4n) is 4.79. The van der Waals surface area contributed by atoms with E-state index in [1.807, 2.05) is 0 Å². The Bertz CT molecular complexity index is 1760. The highest BCUT2D eigenvalue weighted by Crippen LogP contribution is 2.15. The van der Waals surface area contributed by atoms with Crippen LogP contribution in [-0.2, 0) is 15.8 Å². The summed E-state index contributed by atoms with van der Waals surface area (Å²) < 4.78 is 18.8. The number of hydrogen-bond acceptors (Lipinski definition) is 7. The topological polar surface area (TPSA) is 134 Å². The monoisotopic (exact) mass is 611 g/mol. The number of nitrogens with zero attached hydrogens (tertiary/aromatic N) is 2. The molecule has 3 amide bonds. The minimum atomic E-state index is -1.95. The SMILES string of the molecule is Cc1ccoc1C(=O)Nc1cccc(C#Cc2cncc(C(=O)[NH+](c3ccccc3)[S@@](=O)CC(=O)N3CCCC(O)C3)c2)c1. The lowest BCUT2D eigenvalue weighted by molar-refractivity contribution is -0.583. The third kappa shape index (κ3) is 7.54. The first-order chi connectivity index (χ1) is 21.3. The Balaban J connectivity index is 1.33. The number of aliphatic hydroxyl groups is 1. The molecule has 44 heavy (non-hydrogen) atoms. The van der Waals surface area contributed by atoms with E-state index in [0.29, 0.717) is 41.9 Å². The smallest absolute Gasteiger partial charge is 0.364 e. The molecule has 0 bridgehead atoms. The van der Waals surface area contributed by atoms with E-state index in [4.69, 9.17) is 4.42 Å². The van der Waals surface area contributed by atoms with Gasteiger partial charge in [-0.25, -0.2) is 4.79 Å². The van der Waals surface area contributed by atoms with Crippen LogP contribution in [0, 0.1) is 18.8 Å². The number of likely N-dealkylation sites (tertiary alicyclic amines) is 1. The number of carbonyl (C=O) groups is 3. The normalized spacial score (nSPS) is 15.9. The molecule has 11 heteroatoms. The highest BCUT2D eigenvalue weighted by atomic mass is 32.2. The number of aliphatic hydroxyl groups excluding tert-OH is 1. The van der Waals surface area contributed by atoms with Gasteiger partial charge in [0.2, 0.25) is 16.9 Å². The van der Waals surface area contributed by atoms with Gasteiger partial charge in [0, 0.05) is 60.0 Å². The van der Waals surface area contributed by atoms with Crippen LogP contribution in [0.3, 0.4) is 0 Å². The summed E-state index contributed by atoms with van der Waals surface area (Å²) in [4.78, 5) is 44.9. The van der Waals surface area contributed by atoms with Crippen molar-refractivity contribution in [2.45, 2.75) is 25.9 Å². The molecule has 1 aliphatic heterocycles. The first-order valence-electron chi connectivity index (χ1n) is 14.0. The van der Waals surface area contributed by atoms with E-state index in [0.717, 1.165) is 5.56 Å². The predicted molar refractivity (Wildman–Crippen MR) is 164 cm³/mol. The zero-order valence-corrected chi connectivity index (χ0v) is 24.8. The van der Waals surface area contributed by atoms with Gasteiger partial charge in [0.1, 0.15) is 5.56 Å². The minimum Gasteiger partial charge on any atom is -0.459 e. The number of carbonyl (C=O) groups excluding carboxylic acids is 3. The van der Waals surface area contributed by atoms with Gasteiger partial charge in [-0.1, -0.05) is 36.1 Å². The number of rotatable bonds is 7. The fourth-order valence-corrected chi connectivity index (χ4v) is 6.06. The molecular weight excluding hydrogens is 580 g/mol. The molecule has 0 saturated carbocycles. The summed E-state index contributed by atoms with van der Waals surface area (Å²) in [5, 5.41) is 12.7. The molecule has 4 aromatic rings. The second-order valence-corrected chi connectivity index (χ2v) is 11.7. The van der Waals surface area contributed by atoms with E-state index in [1.165, 1.54) is 23.6 Å². The average Bonchev–Trinajstić information content (AvgIpc) is 3.47. The van der Waals surface area contributed by atoms with Crippen molar-refractivity contribution in [2.24, 2.45) is 0 Å². The third-order valence-electron chi connectivity index (χ3n) is 7.01. The van der Waals surface area contributed by atoms with E-state index in [1.54, 1.807) is 73.7 Å². The zero-order chi connectivity index (χ0) is 31.1. The van der Waals surface area contributed by atoms with E-state index >= 15 is 0 Å². The number of piperidine rings is 1. The molecule has 3 N–H and O–H groups in total. The average molecular weight is 612 g/mol. The number of aromatic nitrogens is 1. The molecule has 1 saturated heterocycles. The van der Waals surface area contributed by atoms with E-state index in [9.17, 15) is 23.7 Å². The Hall–Kier alpha value is -4.89. The summed E-state index contributed by atoms with van der Waals surface area (Å²) >= 11 is 0. The molecule has 1 aliphatic rings. The van der Waals surface area contributed by atoms with Gasteiger partial charge in [0.25, 0.3) is 5.91 Å². The summed E-state index contributed by atoms with van der Waals surface area (Å²) in [7, 11) is -1.95. The molecule has 224 valence electrons. The number of benzene rings is 2.